The summed E-state index contributed by atoms with van der Waals surface area (Å²) in [5, 5.41) is 2.57. The predicted molar refractivity (Wildman–Crippen MR) is 143 cm³/mol. The van der Waals surface area contributed by atoms with Gasteiger partial charge in [-0.15, -0.1) is 0 Å². The van der Waals surface area contributed by atoms with Crippen molar-refractivity contribution in [2.45, 2.75) is 32.8 Å². The second-order valence-corrected chi connectivity index (χ2v) is 10.2. The van der Waals surface area contributed by atoms with Crippen LogP contribution in [0.15, 0.2) is 42.9 Å². The second kappa shape index (κ2) is 12.2. The lowest BCUT2D eigenvalue weighted by atomic mass is 10.1. The van der Waals surface area contributed by atoms with Gasteiger partial charge in [-0.05, 0) is 51.0 Å². The van der Waals surface area contributed by atoms with E-state index in [0.717, 1.165) is 18.3 Å². The van der Waals surface area contributed by atoms with Gasteiger partial charge in [0.2, 0.25) is 5.88 Å². The quantitative estimate of drug-likeness (QED) is 0.445. The molecule has 0 aliphatic carbocycles. The molecule has 0 bridgehead atoms. The van der Waals surface area contributed by atoms with E-state index >= 15 is 0 Å². The summed E-state index contributed by atoms with van der Waals surface area (Å²) in [5.74, 6) is -2.93. The fraction of sp³-hybridized carbons (Fsp3) is 0.370. The summed E-state index contributed by atoms with van der Waals surface area (Å²) in [6.07, 6.45) is 3.99. The monoisotopic (exact) mass is 555 g/mol. The van der Waals surface area contributed by atoms with Gasteiger partial charge < -0.3 is 25.4 Å². The first kappa shape index (κ1) is 28.6. The van der Waals surface area contributed by atoms with Crippen molar-refractivity contribution < 1.29 is 27.8 Å². The maximum Gasteiger partial charge on any atom is 0.410 e. The molecule has 1 fully saturated rings. The fourth-order valence-corrected chi connectivity index (χ4v) is 3.94. The second-order valence-electron chi connectivity index (χ2n) is 10.2. The first-order chi connectivity index (χ1) is 19.0. The first-order valence-electron chi connectivity index (χ1n) is 12.7. The molecule has 2 aromatic heterocycles. The standard InChI is InChI=1S/C27H31F2N7O4/c1-27(2,3)40-26(38)36-11-9-35(10-12-36)8-6-17-13-20(29)21(14-19(17)28)39-22-16-32-24(30)23(34-22)25(37)33-18-5-4-7-31-15-18/h4-5,7,13-16H,6,8-12H2,1-3H3,(H2,30,32)(H,33,37). The Balaban J connectivity index is 1.35. The molecule has 11 nitrogen and oxygen atoms in total. The van der Waals surface area contributed by atoms with E-state index in [1.54, 1.807) is 23.2 Å². The molecule has 1 aromatic carbocycles. The van der Waals surface area contributed by atoms with Crippen LogP contribution in [0.3, 0.4) is 0 Å². The molecular weight excluding hydrogens is 524 g/mol. The highest BCUT2D eigenvalue weighted by molar-refractivity contribution is 6.05. The predicted octanol–water partition coefficient (Wildman–Crippen LogP) is 3.87. The number of halogens is 2. The number of nitrogens with zero attached hydrogens (tertiary/aromatic N) is 5. The lowest BCUT2D eigenvalue weighted by molar-refractivity contribution is 0.0146. The highest BCUT2D eigenvalue weighted by atomic mass is 19.1. The van der Waals surface area contributed by atoms with Crippen LogP contribution >= 0.6 is 0 Å². The van der Waals surface area contributed by atoms with E-state index in [4.69, 9.17) is 15.2 Å². The molecule has 13 heteroatoms. The average Bonchev–Trinajstić information content (AvgIpc) is 2.90. The van der Waals surface area contributed by atoms with Crippen molar-refractivity contribution in [1.29, 1.82) is 0 Å². The van der Waals surface area contributed by atoms with Gasteiger partial charge >= 0.3 is 6.09 Å². The zero-order valence-electron chi connectivity index (χ0n) is 22.5. The number of nitrogens with two attached hydrogens (primary N) is 1. The molecule has 212 valence electrons. The zero-order chi connectivity index (χ0) is 28.9. The number of pyridine rings is 1. The van der Waals surface area contributed by atoms with Gasteiger partial charge in [0, 0.05) is 45.0 Å². The van der Waals surface area contributed by atoms with E-state index in [1.165, 1.54) is 6.20 Å². The first-order valence-corrected chi connectivity index (χ1v) is 12.7. The third-order valence-electron chi connectivity index (χ3n) is 5.95. The van der Waals surface area contributed by atoms with Crippen molar-refractivity contribution in [2.75, 3.05) is 43.8 Å². The van der Waals surface area contributed by atoms with Crippen molar-refractivity contribution in [3.05, 3.63) is 65.7 Å². The Hall–Kier alpha value is -4.39. The topological polar surface area (TPSA) is 136 Å². The van der Waals surface area contributed by atoms with Crippen LogP contribution in [0.25, 0.3) is 0 Å². The van der Waals surface area contributed by atoms with Crippen LogP contribution in [-0.2, 0) is 11.2 Å². The van der Waals surface area contributed by atoms with Crippen LogP contribution in [0.4, 0.5) is 25.1 Å². The summed E-state index contributed by atoms with van der Waals surface area (Å²) in [6, 6.07) is 5.26. The number of rotatable bonds is 7. The van der Waals surface area contributed by atoms with E-state index in [9.17, 15) is 18.4 Å². The molecule has 1 saturated heterocycles. The van der Waals surface area contributed by atoms with Crippen LogP contribution in [0.1, 0.15) is 36.8 Å². The largest absolute Gasteiger partial charge is 0.444 e. The van der Waals surface area contributed by atoms with Crippen molar-refractivity contribution in [3.63, 3.8) is 0 Å². The fourth-order valence-electron chi connectivity index (χ4n) is 3.94. The van der Waals surface area contributed by atoms with Gasteiger partial charge in [-0.25, -0.2) is 23.5 Å². The zero-order valence-corrected chi connectivity index (χ0v) is 22.5. The Kier molecular flexibility index (Phi) is 8.73. The molecule has 0 spiro atoms. The van der Waals surface area contributed by atoms with Crippen LogP contribution in [0, 0.1) is 11.6 Å². The molecule has 4 rings (SSSR count). The lowest BCUT2D eigenvalue weighted by Crippen LogP contribution is -2.50. The Bertz CT molecular complexity index is 1360. The maximum atomic E-state index is 14.9. The van der Waals surface area contributed by atoms with Gasteiger partial charge in [0.25, 0.3) is 5.91 Å². The molecule has 40 heavy (non-hydrogen) atoms. The van der Waals surface area contributed by atoms with Gasteiger partial charge in [0.15, 0.2) is 23.1 Å². The Labute approximate surface area is 230 Å². The minimum atomic E-state index is -0.800. The summed E-state index contributed by atoms with van der Waals surface area (Å²) in [5.41, 5.74) is 5.56. The molecule has 1 aliphatic heterocycles. The highest BCUT2D eigenvalue weighted by Gasteiger charge is 2.26. The molecule has 2 amide bonds. The minimum absolute atomic E-state index is 0.164. The molecule has 3 N–H and O–H groups in total. The number of aromatic nitrogens is 3. The number of hydrogen-bond donors (Lipinski definition) is 2. The number of hydrogen-bond acceptors (Lipinski definition) is 9. The van der Waals surface area contributed by atoms with Gasteiger partial charge in [-0.1, -0.05) is 0 Å². The van der Waals surface area contributed by atoms with Crippen molar-refractivity contribution >= 4 is 23.5 Å². The van der Waals surface area contributed by atoms with Gasteiger partial charge in [-0.2, -0.15) is 0 Å². The summed E-state index contributed by atoms with van der Waals surface area (Å²) in [4.78, 5) is 40.3. The molecule has 0 atom stereocenters. The third kappa shape index (κ3) is 7.59. The average molecular weight is 556 g/mol. The van der Waals surface area contributed by atoms with E-state index in [0.29, 0.717) is 38.4 Å². The molecular formula is C27H31F2N7O4. The number of benzene rings is 1. The summed E-state index contributed by atoms with van der Waals surface area (Å²) >= 11 is 0. The Morgan fingerprint density at radius 1 is 1.10 bits per heavy atom. The van der Waals surface area contributed by atoms with E-state index in [-0.39, 0.29) is 35.5 Å². The molecule has 1 aliphatic rings. The molecule has 0 unspecified atom stereocenters. The van der Waals surface area contributed by atoms with E-state index in [2.05, 4.69) is 25.2 Å². The number of carbonyl (C=O) groups is 2. The number of ether oxygens (including phenoxy) is 2. The molecule has 3 heterocycles. The smallest absolute Gasteiger partial charge is 0.410 e. The van der Waals surface area contributed by atoms with Gasteiger partial charge in [-0.3, -0.25) is 14.7 Å². The normalized spacial score (nSPS) is 14.1. The SMILES string of the molecule is CC(C)(C)OC(=O)N1CCN(CCc2cc(F)c(Oc3cnc(N)c(C(=O)Nc4cccnc4)n3)cc2F)CC1. The number of carbonyl (C=O) groups excluding carboxylic acids is 2. The number of nitrogen functional groups attached to an aromatic ring is 1. The molecule has 3 aromatic rings. The van der Waals surface area contributed by atoms with E-state index < -0.39 is 28.9 Å². The van der Waals surface area contributed by atoms with Crippen LogP contribution in [0.5, 0.6) is 11.6 Å². The number of anilines is 2. The van der Waals surface area contributed by atoms with Crippen LogP contribution in [-0.4, -0.2) is 75.1 Å². The van der Waals surface area contributed by atoms with Crippen molar-refractivity contribution in [1.82, 2.24) is 24.8 Å². The van der Waals surface area contributed by atoms with Crippen molar-refractivity contribution in [2.24, 2.45) is 0 Å². The number of amides is 2. The summed E-state index contributed by atoms with van der Waals surface area (Å²) < 4.78 is 40.5. The Morgan fingerprint density at radius 2 is 1.85 bits per heavy atom. The molecule has 0 saturated carbocycles. The van der Waals surface area contributed by atoms with Gasteiger partial charge in [0.1, 0.15) is 11.4 Å². The van der Waals surface area contributed by atoms with Gasteiger partial charge in [0.05, 0.1) is 18.1 Å². The van der Waals surface area contributed by atoms with Crippen LogP contribution < -0.4 is 15.8 Å². The van der Waals surface area contributed by atoms with Crippen molar-refractivity contribution in [3.8, 4) is 11.6 Å². The summed E-state index contributed by atoms with van der Waals surface area (Å²) in [7, 11) is 0. The highest BCUT2D eigenvalue weighted by Crippen LogP contribution is 2.27. The van der Waals surface area contributed by atoms with E-state index in [1.807, 2.05) is 20.8 Å². The third-order valence-corrected chi connectivity index (χ3v) is 5.95. The maximum absolute atomic E-state index is 14.9. The lowest BCUT2D eigenvalue weighted by Gasteiger charge is -2.35. The number of piperazine rings is 1. The minimum Gasteiger partial charge on any atom is -0.444 e. The summed E-state index contributed by atoms with van der Waals surface area (Å²) in [6.45, 7) is 8.10. The Morgan fingerprint density at radius 3 is 2.52 bits per heavy atom. The molecule has 0 radical (unpaired) electrons. The number of nitrogens with one attached hydrogen (secondary N) is 1. The van der Waals surface area contributed by atoms with Crippen LogP contribution in [0.2, 0.25) is 0 Å².